The van der Waals surface area contributed by atoms with Crippen LogP contribution in [0.2, 0.25) is 0 Å². The van der Waals surface area contributed by atoms with Crippen molar-refractivity contribution in [1.29, 1.82) is 0 Å². The standard InChI is InChI=1S/C29H20N2O3S/c32-27(22-13-6-16-35-22)26-24-23(25-20-11-4-2-8-18(20)14-15-30(25)26)28(33)31(29(24)34)21-12-5-9-17-7-1-3-10-19(17)21/h1-16,23-26H/t23-,24-,25-,26+/m1/s1. The normalized spacial score (nSPS) is 24.6. The lowest BCUT2D eigenvalue weighted by Crippen LogP contribution is -2.44. The van der Waals surface area contributed by atoms with Crippen molar-refractivity contribution in [3.8, 4) is 0 Å². The fourth-order valence-corrected chi connectivity index (χ4v) is 6.76. The van der Waals surface area contributed by atoms with E-state index >= 15 is 0 Å². The molecule has 6 heteroatoms. The van der Waals surface area contributed by atoms with Gasteiger partial charge in [-0.05, 0) is 40.1 Å². The lowest BCUT2D eigenvalue weighted by molar-refractivity contribution is -0.123. The molecule has 3 aliphatic rings. The third-order valence-corrected chi connectivity index (χ3v) is 8.39. The summed E-state index contributed by atoms with van der Waals surface area (Å²) < 4.78 is 0. The summed E-state index contributed by atoms with van der Waals surface area (Å²) >= 11 is 1.37. The van der Waals surface area contributed by atoms with Crippen LogP contribution in [0.5, 0.6) is 0 Å². The maximum absolute atomic E-state index is 14.1. The van der Waals surface area contributed by atoms with E-state index in [1.807, 2.05) is 95.4 Å². The fourth-order valence-electron chi connectivity index (χ4n) is 6.06. The predicted molar refractivity (Wildman–Crippen MR) is 136 cm³/mol. The minimum atomic E-state index is -0.753. The molecule has 0 radical (unpaired) electrons. The molecule has 0 saturated carbocycles. The van der Waals surface area contributed by atoms with Gasteiger partial charge in [0.2, 0.25) is 11.8 Å². The maximum atomic E-state index is 14.1. The average molecular weight is 477 g/mol. The first kappa shape index (κ1) is 20.4. The van der Waals surface area contributed by atoms with Crippen LogP contribution >= 0.6 is 11.3 Å². The first-order valence-electron chi connectivity index (χ1n) is 11.6. The minimum Gasteiger partial charge on any atom is -0.358 e. The SMILES string of the molecule is O=C(c1cccs1)[C@@H]1[C@@H]2C(=O)N(c3cccc4ccccc34)C(=O)[C@H]2[C@H]2c3ccccc3C=CN12. The molecule has 0 N–H and O–H groups in total. The van der Waals surface area contributed by atoms with Crippen LogP contribution < -0.4 is 4.90 Å². The molecule has 170 valence electrons. The Morgan fingerprint density at radius 3 is 2.43 bits per heavy atom. The molecule has 35 heavy (non-hydrogen) atoms. The number of hydrogen-bond acceptors (Lipinski definition) is 5. The second-order valence-corrected chi connectivity index (χ2v) is 10.1. The second-order valence-electron chi connectivity index (χ2n) is 9.18. The summed E-state index contributed by atoms with van der Waals surface area (Å²) in [7, 11) is 0. The van der Waals surface area contributed by atoms with Crippen molar-refractivity contribution in [2.45, 2.75) is 12.1 Å². The third kappa shape index (κ3) is 2.77. The van der Waals surface area contributed by atoms with Gasteiger partial charge in [0.15, 0.2) is 5.78 Å². The summed E-state index contributed by atoms with van der Waals surface area (Å²) in [5, 5.41) is 3.67. The second kappa shape index (κ2) is 7.48. The Morgan fingerprint density at radius 1 is 0.800 bits per heavy atom. The molecule has 4 atom stereocenters. The number of nitrogens with zero attached hydrogens (tertiary/aromatic N) is 2. The van der Waals surface area contributed by atoms with Gasteiger partial charge < -0.3 is 4.90 Å². The van der Waals surface area contributed by atoms with E-state index in [0.29, 0.717) is 10.6 Å². The molecule has 2 saturated heterocycles. The quantitative estimate of drug-likeness (QED) is 0.297. The van der Waals surface area contributed by atoms with Crippen molar-refractivity contribution in [2.24, 2.45) is 11.8 Å². The number of anilines is 1. The van der Waals surface area contributed by atoms with E-state index in [1.54, 1.807) is 6.07 Å². The van der Waals surface area contributed by atoms with E-state index in [4.69, 9.17) is 0 Å². The highest BCUT2D eigenvalue weighted by Crippen LogP contribution is 2.54. The molecule has 4 heterocycles. The number of carbonyl (C=O) groups is 3. The number of benzene rings is 3. The molecule has 2 amide bonds. The van der Waals surface area contributed by atoms with Gasteiger partial charge in [-0.2, -0.15) is 0 Å². The molecular formula is C29H20N2O3S. The molecule has 3 aromatic carbocycles. The van der Waals surface area contributed by atoms with Gasteiger partial charge in [-0.25, -0.2) is 4.90 Å². The number of thiophene rings is 1. The molecule has 1 aromatic heterocycles. The molecule has 0 unspecified atom stereocenters. The van der Waals surface area contributed by atoms with Crippen LogP contribution in [0.3, 0.4) is 0 Å². The Labute approximate surface area is 205 Å². The van der Waals surface area contributed by atoms with Gasteiger partial charge in [0.05, 0.1) is 28.4 Å². The van der Waals surface area contributed by atoms with Crippen molar-refractivity contribution in [2.75, 3.05) is 4.90 Å². The summed E-state index contributed by atoms with van der Waals surface area (Å²) in [4.78, 5) is 45.9. The minimum absolute atomic E-state index is 0.109. The largest absolute Gasteiger partial charge is 0.358 e. The number of carbonyl (C=O) groups excluding carboxylic acids is 3. The molecule has 0 spiro atoms. The van der Waals surface area contributed by atoms with Crippen molar-refractivity contribution < 1.29 is 14.4 Å². The van der Waals surface area contributed by atoms with Gasteiger partial charge in [-0.15, -0.1) is 11.3 Å². The average Bonchev–Trinajstić information content (AvgIpc) is 3.60. The number of amides is 2. The zero-order chi connectivity index (χ0) is 23.7. The molecule has 3 aliphatic heterocycles. The summed E-state index contributed by atoms with van der Waals surface area (Å²) in [6, 6.07) is 23.9. The first-order chi connectivity index (χ1) is 17.1. The molecule has 5 nitrogen and oxygen atoms in total. The highest BCUT2D eigenvalue weighted by Gasteiger charge is 2.64. The number of rotatable bonds is 3. The Kier molecular flexibility index (Phi) is 4.35. The molecular weight excluding hydrogens is 456 g/mol. The topological polar surface area (TPSA) is 57.7 Å². The smallest absolute Gasteiger partial charge is 0.240 e. The molecule has 4 aromatic rings. The van der Waals surface area contributed by atoms with Crippen LogP contribution in [0.15, 0.2) is 90.4 Å². The summed E-state index contributed by atoms with van der Waals surface area (Å²) in [5.41, 5.74) is 2.58. The molecule has 2 fully saturated rings. The van der Waals surface area contributed by atoms with Gasteiger partial charge in [0.1, 0.15) is 6.04 Å². The van der Waals surface area contributed by atoms with E-state index < -0.39 is 17.9 Å². The fraction of sp³-hybridized carbons (Fsp3) is 0.138. The monoisotopic (exact) mass is 476 g/mol. The molecule has 0 bridgehead atoms. The van der Waals surface area contributed by atoms with Crippen molar-refractivity contribution in [3.63, 3.8) is 0 Å². The van der Waals surface area contributed by atoms with E-state index in [9.17, 15) is 14.4 Å². The van der Waals surface area contributed by atoms with Gasteiger partial charge in [0.25, 0.3) is 0 Å². The Bertz CT molecular complexity index is 1550. The van der Waals surface area contributed by atoms with Crippen molar-refractivity contribution in [1.82, 2.24) is 4.90 Å². The highest BCUT2D eigenvalue weighted by molar-refractivity contribution is 7.12. The van der Waals surface area contributed by atoms with Crippen LogP contribution in [0.1, 0.15) is 26.8 Å². The van der Waals surface area contributed by atoms with E-state index in [1.165, 1.54) is 16.2 Å². The van der Waals surface area contributed by atoms with Crippen molar-refractivity contribution in [3.05, 3.63) is 106 Å². The number of Topliss-reactive ketones (excluding diaryl/α,β-unsaturated/α-hetero) is 1. The lowest BCUT2D eigenvalue weighted by Gasteiger charge is -2.35. The van der Waals surface area contributed by atoms with Crippen LogP contribution in [-0.2, 0) is 9.59 Å². The summed E-state index contributed by atoms with van der Waals surface area (Å²) in [6.07, 6.45) is 3.86. The Balaban J connectivity index is 1.41. The van der Waals surface area contributed by atoms with Crippen LogP contribution in [0.4, 0.5) is 5.69 Å². The number of imide groups is 1. The first-order valence-corrected chi connectivity index (χ1v) is 12.5. The van der Waals surface area contributed by atoms with Crippen LogP contribution in [-0.4, -0.2) is 28.5 Å². The number of ketones is 1. The predicted octanol–water partition coefficient (Wildman–Crippen LogP) is 5.30. The number of hydrogen-bond donors (Lipinski definition) is 0. The van der Waals surface area contributed by atoms with Gasteiger partial charge in [-0.1, -0.05) is 66.7 Å². The molecule has 0 aliphatic carbocycles. The van der Waals surface area contributed by atoms with Crippen LogP contribution in [0.25, 0.3) is 16.8 Å². The van der Waals surface area contributed by atoms with Crippen molar-refractivity contribution >= 4 is 51.5 Å². The zero-order valence-electron chi connectivity index (χ0n) is 18.6. The van der Waals surface area contributed by atoms with E-state index in [2.05, 4.69) is 0 Å². The maximum Gasteiger partial charge on any atom is 0.240 e. The summed E-state index contributed by atoms with van der Waals surface area (Å²) in [5.74, 6) is -2.04. The number of fused-ring (bicyclic) bond motifs is 6. The third-order valence-electron chi connectivity index (χ3n) is 7.50. The highest BCUT2D eigenvalue weighted by atomic mass is 32.1. The van der Waals surface area contributed by atoms with Crippen LogP contribution in [0, 0.1) is 11.8 Å². The Hall–Kier alpha value is -4.03. The van der Waals surface area contributed by atoms with E-state index in [-0.39, 0.29) is 23.6 Å². The zero-order valence-corrected chi connectivity index (χ0v) is 19.4. The van der Waals surface area contributed by atoms with Gasteiger partial charge >= 0.3 is 0 Å². The van der Waals surface area contributed by atoms with Gasteiger partial charge in [-0.3, -0.25) is 14.4 Å². The van der Waals surface area contributed by atoms with Gasteiger partial charge in [0, 0.05) is 11.6 Å². The summed E-state index contributed by atoms with van der Waals surface area (Å²) in [6.45, 7) is 0. The molecule has 7 rings (SSSR count). The van der Waals surface area contributed by atoms with E-state index in [0.717, 1.165) is 21.9 Å². The Morgan fingerprint density at radius 2 is 1.57 bits per heavy atom. The lowest BCUT2D eigenvalue weighted by atomic mass is 9.84.